The van der Waals surface area contributed by atoms with Crippen LogP contribution in [0.25, 0.3) is 0 Å². The number of rotatable bonds is 5. The summed E-state index contributed by atoms with van der Waals surface area (Å²) in [7, 11) is 0. The fourth-order valence-electron chi connectivity index (χ4n) is 4.47. The maximum atomic E-state index is 12.5. The highest BCUT2D eigenvalue weighted by molar-refractivity contribution is 5.77. The van der Waals surface area contributed by atoms with Crippen LogP contribution in [-0.2, 0) is 17.9 Å². The van der Waals surface area contributed by atoms with Gasteiger partial charge in [-0.2, -0.15) is 4.98 Å². The lowest BCUT2D eigenvalue weighted by Crippen LogP contribution is -2.53. The molecule has 2 aliphatic rings. The highest BCUT2D eigenvalue weighted by Crippen LogP contribution is 2.39. The fourth-order valence-corrected chi connectivity index (χ4v) is 4.47. The predicted molar refractivity (Wildman–Crippen MR) is 104 cm³/mol. The zero-order chi connectivity index (χ0) is 19.6. The molecular weight excluding hydrogens is 354 g/mol. The van der Waals surface area contributed by atoms with E-state index < -0.39 is 0 Å². The molecule has 4 rings (SSSR count). The van der Waals surface area contributed by atoms with Gasteiger partial charge >= 0.3 is 0 Å². The Hall–Kier alpha value is -2.28. The summed E-state index contributed by atoms with van der Waals surface area (Å²) in [6, 6.07) is 5.87. The van der Waals surface area contributed by atoms with Crippen LogP contribution < -0.4 is 0 Å². The number of carbonyl (C=O) groups is 1. The summed E-state index contributed by atoms with van der Waals surface area (Å²) in [6.07, 6.45) is 5.67. The number of amides is 1. The van der Waals surface area contributed by atoms with Gasteiger partial charge in [0.05, 0.1) is 18.8 Å². The number of likely N-dealkylation sites (tertiary alicyclic amines) is 2. The Morgan fingerprint density at radius 3 is 2.86 bits per heavy atom. The summed E-state index contributed by atoms with van der Waals surface area (Å²) < 4.78 is 5.45. The quantitative estimate of drug-likeness (QED) is 0.790. The maximum Gasteiger partial charge on any atom is 0.240 e. The summed E-state index contributed by atoms with van der Waals surface area (Å²) in [6.45, 7) is 8.24. The molecule has 0 aromatic carbocycles. The van der Waals surface area contributed by atoms with Crippen LogP contribution in [0.1, 0.15) is 62.9 Å². The van der Waals surface area contributed by atoms with Crippen molar-refractivity contribution in [3.63, 3.8) is 0 Å². The average Bonchev–Trinajstić information content (AvgIpc) is 3.15. The van der Waals surface area contributed by atoms with Crippen molar-refractivity contribution in [1.29, 1.82) is 0 Å². The lowest BCUT2D eigenvalue weighted by molar-refractivity contribution is -0.140. The molecule has 1 spiro atoms. The van der Waals surface area contributed by atoms with Crippen LogP contribution in [0.5, 0.6) is 0 Å². The second kappa shape index (κ2) is 7.99. The van der Waals surface area contributed by atoms with Crippen LogP contribution in [-0.4, -0.2) is 50.5 Å². The Morgan fingerprint density at radius 2 is 2.11 bits per heavy atom. The van der Waals surface area contributed by atoms with Crippen LogP contribution in [0.2, 0.25) is 0 Å². The minimum Gasteiger partial charge on any atom is -0.338 e. The Morgan fingerprint density at radius 1 is 1.21 bits per heavy atom. The van der Waals surface area contributed by atoms with E-state index >= 15 is 0 Å². The molecule has 7 heteroatoms. The van der Waals surface area contributed by atoms with Crippen molar-refractivity contribution in [3.05, 3.63) is 41.8 Å². The lowest BCUT2D eigenvalue weighted by Gasteiger charge is -2.48. The number of piperidine rings is 2. The minimum absolute atomic E-state index is 0.155. The number of hydrogen-bond acceptors (Lipinski definition) is 6. The van der Waals surface area contributed by atoms with Crippen LogP contribution in [0.15, 0.2) is 28.9 Å². The molecular formula is C21H29N5O2. The van der Waals surface area contributed by atoms with Gasteiger partial charge in [-0.1, -0.05) is 25.1 Å². The third-order valence-corrected chi connectivity index (χ3v) is 5.93. The highest BCUT2D eigenvalue weighted by atomic mass is 16.5. The van der Waals surface area contributed by atoms with Gasteiger partial charge in [0.15, 0.2) is 5.82 Å². The molecule has 7 nitrogen and oxygen atoms in total. The summed E-state index contributed by atoms with van der Waals surface area (Å²) in [4.78, 5) is 25.9. The Balaban J connectivity index is 1.42. The van der Waals surface area contributed by atoms with Crippen LogP contribution in [0.4, 0.5) is 0 Å². The Bertz CT molecular complexity index is 806. The molecule has 0 N–H and O–H groups in total. The number of carbonyl (C=O) groups excluding carboxylic acids is 1. The fraction of sp³-hybridized carbons (Fsp3) is 0.619. The lowest BCUT2D eigenvalue weighted by atomic mass is 9.73. The zero-order valence-corrected chi connectivity index (χ0v) is 16.8. The molecule has 2 aromatic heterocycles. The second-order valence-corrected chi connectivity index (χ2v) is 8.59. The average molecular weight is 383 g/mol. The Kier molecular flexibility index (Phi) is 5.44. The molecule has 0 aliphatic carbocycles. The molecule has 0 saturated carbocycles. The minimum atomic E-state index is 0.155. The van der Waals surface area contributed by atoms with Gasteiger partial charge in [-0.3, -0.25) is 14.7 Å². The predicted octanol–water partition coefficient (Wildman–Crippen LogP) is 2.99. The molecule has 28 heavy (non-hydrogen) atoms. The third kappa shape index (κ3) is 4.24. The first kappa shape index (κ1) is 19.1. The molecule has 2 fully saturated rings. The molecule has 2 aromatic rings. The number of aromatic nitrogens is 3. The van der Waals surface area contributed by atoms with Crippen molar-refractivity contribution in [3.8, 4) is 0 Å². The van der Waals surface area contributed by atoms with E-state index in [9.17, 15) is 4.79 Å². The standard InChI is InChI=1S/C21H29N5O2/c1-16(2)20-23-18(28-24-20)13-25-11-5-8-21(14-25)9-7-19(27)26(15-21)12-17-6-3-4-10-22-17/h3-4,6,10,16H,5,7-9,11-15H2,1-2H3. The van der Waals surface area contributed by atoms with Crippen molar-refractivity contribution in [2.45, 2.75) is 58.5 Å². The van der Waals surface area contributed by atoms with Gasteiger partial charge in [0.2, 0.25) is 11.8 Å². The zero-order valence-electron chi connectivity index (χ0n) is 16.8. The van der Waals surface area contributed by atoms with Crippen LogP contribution in [0.3, 0.4) is 0 Å². The van der Waals surface area contributed by atoms with Gasteiger partial charge in [0.1, 0.15) is 0 Å². The molecule has 2 saturated heterocycles. The second-order valence-electron chi connectivity index (χ2n) is 8.59. The molecule has 1 atom stereocenters. The summed E-state index contributed by atoms with van der Waals surface area (Å²) in [5.74, 6) is 1.98. The topological polar surface area (TPSA) is 75.4 Å². The molecule has 0 radical (unpaired) electrons. The van der Waals surface area contributed by atoms with Gasteiger partial charge in [-0.05, 0) is 37.9 Å². The van der Waals surface area contributed by atoms with Crippen LogP contribution in [0, 0.1) is 5.41 Å². The number of hydrogen-bond donors (Lipinski definition) is 0. The van der Waals surface area contributed by atoms with Gasteiger partial charge in [-0.25, -0.2) is 0 Å². The van der Waals surface area contributed by atoms with Gasteiger partial charge < -0.3 is 9.42 Å². The molecule has 4 heterocycles. The molecule has 1 unspecified atom stereocenters. The third-order valence-electron chi connectivity index (χ3n) is 5.93. The van der Waals surface area contributed by atoms with Crippen molar-refractivity contribution < 1.29 is 9.32 Å². The number of pyridine rings is 1. The first-order valence-electron chi connectivity index (χ1n) is 10.3. The van der Waals surface area contributed by atoms with Crippen LogP contribution >= 0.6 is 0 Å². The van der Waals surface area contributed by atoms with Gasteiger partial charge in [0, 0.05) is 37.0 Å². The molecule has 0 bridgehead atoms. The monoisotopic (exact) mass is 383 g/mol. The van der Waals surface area contributed by atoms with E-state index in [-0.39, 0.29) is 17.2 Å². The first-order chi connectivity index (χ1) is 13.5. The molecule has 2 aliphatic heterocycles. The summed E-state index contributed by atoms with van der Waals surface area (Å²) in [5.41, 5.74) is 1.11. The van der Waals surface area contributed by atoms with E-state index in [1.165, 1.54) is 0 Å². The van der Waals surface area contributed by atoms with E-state index in [4.69, 9.17) is 4.52 Å². The van der Waals surface area contributed by atoms with Gasteiger partial charge in [-0.15, -0.1) is 0 Å². The SMILES string of the molecule is CC(C)c1noc(CN2CCCC3(CCC(=O)N(Cc4ccccn4)C3)C2)n1. The first-order valence-corrected chi connectivity index (χ1v) is 10.3. The largest absolute Gasteiger partial charge is 0.338 e. The molecule has 1 amide bonds. The molecule has 150 valence electrons. The van der Waals surface area contributed by atoms with Crippen molar-refractivity contribution in [1.82, 2.24) is 24.9 Å². The normalized spacial score (nSPS) is 23.7. The van der Waals surface area contributed by atoms with E-state index in [0.717, 1.165) is 50.4 Å². The number of nitrogens with zero attached hydrogens (tertiary/aromatic N) is 5. The van der Waals surface area contributed by atoms with E-state index in [1.54, 1.807) is 6.20 Å². The Labute approximate surface area is 166 Å². The maximum absolute atomic E-state index is 12.5. The summed E-state index contributed by atoms with van der Waals surface area (Å²) in [5, 5.41) is 4.08. The van der Waals surface area contributed by atoms with Gasteiger partial charge in [0.25, 0.3) is 0 Å². The summed E-state index contributed by atoms with van der Waals surface area (Å²) >= 11 is 0. The van der Waals surface area contributed by atoms with E-state index in [0.29, 0.717) is 25.4 Å². The van der Waals surface area contributed by atoms with Crippen molar-refractivity contribution in [2.75, 3.05) is 19.6 Å². The smallest absolute Gasteiger partial charge is 0.240 e. The van der Waals surface area contributed by atoms with E-state index in [2.05, 4.69) is 33.9 Å². The van der Waals surface area contributed by atoms with E-state index in [1.807, 2.05) is 23.1 Å². The van der Waals surface area contributed by atoms with Crippen molar-refractivity contribution in [2.24, 2.45) is 5.41 Å². The van der Waals surface area contributed by atoms with Crippen molar-refractivity contribution >= 4 is 5.91 Å². The highest BCUT2D eigenvalue weighted by Gasteiger charge is 2.42.